The number of benzene rings is 2. The Hall–Kier alpha value is -3.03. The molecule has 31 heavy (non-hydrogen) atoms. The summed E-state index contributed by atoms with van der Waals surface area (Å²) in [6.45, 7) is 2.79. The zero-order valence-electron chi connectivity index (χ0n) is 17.3. The lowest BCUT2D eigenvalue weighted by molar-refractivity contribution is 0.278. The van der Waals surface area contributed by atoms with Crippen molar-refractivity contribution in [2.75, 3.05) is 13.1 Å². The number of imidazole rings is 1. The van der Waals surface area contributed by atoms with E-state index >= 15 is 0 Å². The normalized spacial score (nSPS) is 16.0. The van der Waals surface area contributed by atoms with Crippen molar-refractivity contribution in [2.24, 2.45) is 0 Å². The summed E-state index contributed by atoms with van der Waals surface area (Å²) in [5.41, 5.74) is 3.52. The molecule has 2 aromatic carbocycles. The van der Waals surface area contributed by atoms with Crippen molar-refractivity contribution in [1.82, 2.24) is 18.8 Å². The number of aryl methyl sites for hydroxylation is 1. The van der Waals surface area contributed by atoms with E-state index in [1.165, 1.54) is 0 Å². The van der Waals surface area contributed by atoms with Gasteiger partial charge in [-0.25, -0.2) is 18.4 Å². The molecule has 0 radical (unpaired) electrons. The molecule has 4 aromatic rings. The molecular weight excluding hydrogens is 408 g/mol. The SMILES string of the molecule is Cc1ccccc1S(=O)(=O)N1CCC(n2c(-c3ccccc3)nc3cccnc32)CC1. The smallest absolute Gasteiger partial charge is 0.243 e. The molecule has 6 nitrogen and oxygen atoms in total. The molecule has 0 spiro atoms. The quantitative estimate of drug-likeness (QED) is 0.478. The van der Waals surface area contributed by atoms with Crippen LogP contribution in [0.1, 0.15) is 24.4 Å². The Morgan fingerprint density at radius 3 is 2.35 bits per heavy atom. The minimum atomic E-state index is -3.50. The lowest BCUT2D eigenvalue weighted by atomic mass is 10.1. The van der Waals surface area contributed by atoms with Crippen molar-refractivity contribution in [1.29, 1.82) is 0 Å². The third-order valence-electron chi connectivity index (χ3n) is 5.98. The fourth-order valence-electron chi connectivity index (χ4n) is 4.39. The number of nitrogens with zero attached hydrogens (tertiary/aromatic N) is 4. The Balaban J connectivity index is 1.47. The minimum absolute atomic E-state index is 0.137. The van der Waals surface area contributed by atoms with Gasteiger partial charge in [0.25, 0.3) is 0 Å². The van der Waals surface area contributed by atoms with E-state index in [2.05, 4.69) is 21.7 Å². The Morgan fingerprint density at radius 1 is 0.903 bits per heavy atom. The zero-order chi connectivity index (χ0) is 21.4. The van der Waals surface area contributed by atoms with Gasteiger partial charge in [0.1, 0.15) is 11.3 Å². The summed E-state index contributed by atoms with van der Waals surface area (Å²) in [5, 5.41) is 0. The summed E-state index contributed by atoms with van der Waals surface area (Å²) in [6.07, 6.45) is 3.22. The Morgan fingerprint density at radius 2 is 1.61 bits per heavy atom. The van der Waals surface area contributed by atoms with Crippen molar-refractivity contribution in [3.63, 3.8) is 0 Å². The van der Waals surface area contributed by atoms with Gasteiger partial charge in [-0.05, 0) is 43.5 Å². The van der Waals surface area contributed by atoms with Crippen LogP contribution in [0.25, 0.3) is 22.6 Å². The van der Waals surface area contributed by atoms with Crippen LogP contribution in [0.2, 0.25) is 0 Å². The maximum absolute atomic E-state index is 13.2. The Bertz CT molecular complexity index is 1320. The van der Waals surface area contributed by atoms with E-state index in [4.69, 9.17) is 4.98 Å². The number of hydrogen-bond acceptors (Lipinski definition) is 4. The number of aromatic nitrogens is 3. The van der Waals surface area contributed by atoms with Crippen LogP contribution >= 0.6 is 0 Å². The second-order valence-electron chi connectivity index (χ2n) is 7.92. The van der Waals surface area contributed by atoms with E-state index in [0.29, 0.717) is 30.8 Å². The summed E-state index contributed by atoms with van der Waals surface area (Å²) in [5.74, 6) is 0.884. The van der Waals surface area contributed by atoms with Crippen molar-refractivity contribution in [2.45, 2.75) is 30.7 Å². The average Bonchev–Trinajstić information content (AvgIpc) is 3.19. The lowest BCUT2D eigenvalue weighted by Gasteiger charge is -2.33. The first-order chi connectivity index (χ1) is 15.1. The first-order valence-corrected chi connectivity index (χ1v) is 11.9. The topological polar surface area (TPSA) is 68.1 Å². The fraction of sp³-hybridized carbons (Fsp3) is 0.250. The first-order valence-electron chi connectivity index (χ1n) is 10.5. The molecule has 158 valence electrons. The molecule has 0 amide bonds. The molecule has 0 N–H and O–H groups in total. The molecule has 0 unspecified atom stereocenters. The van der Waals surface area contributed by atoms with Crippen LogP contribution in [0.4, 0.5) is 0 Å². The molecule has 1 aliphatic heterocycles. The highest BCUT2D eigenvalue weighted by Gasteiger charge is 2.32. The number of hydrogen-bond donors (Lipinski definition) is 0. The van der Waals surface area contributed by atoms with Crippen LogP contribution < -0.4 is 0 Å². The molecule has 1 saturated heterocycles. The second-order valence-corrected chi connectivity index (χ2v) is 9.82. The largest absolute Gasteiger partial charge is 0.305 e. The van der Waals surface area contributed by atoms with Crippen LogP contribution in [0, 0.1) is 6.92 Å². The maximum Gasteiger partial charge on any atom is 0.243 e. The number of fused-ring (bicyclic) bond motifs is 1. The van der Waals surface area contributed by atoms with Crippen molar-refractivity contribution in [3.05, 3.63) is 78.5 Å². The third-order valence-corrected chi connectivity index (χ3v) is 8.04. The molecule has 0 atom stereocenters. The molecular formula is C24H24N4O2S. The van der Waals surface area contributed by atoms with Gasteiger partial charge in [-0.3, -0.25) is 0 Å². The molecule has 0 saturated carbocycles. The van der Waals surface area contributed by atoms with Gasteiger partial charge in [0.2, 0.25) is 10.0 Å². The van der Waals surface area contributed by atoms with Crippen LogP contribution in [-0.4, -0.2) is 40.3 Å². The highest BCUT2D eigenvalue weighted by Crippen LogP contribution is 2.34. The van der Waals surface area contributed by atoms with E-state index in [1.807, 2.05) is 49.4 Å². The van der Waals surface area contributed by atoms with Gasteiger partial charge in [0.15, 0.2) is 5.65 Å². The monoisotopic (exact) mass is 432 g/mol. The number of sulfonamides is 1. The Kier molecular flexibility index (Phi) is 5.08. The number of piperidine rings is 1. The van der Waals surface area contributed by atoms with Gasteiger partial charge in [-0.2, -0.15) is 4.31 Å². The van der Waals surface area contributed by atoms with Crippen molar-refractivity contribution >= 4 is 21.2 Å². The summed E-state index contributed by atoms with van der Waals surface area (Å²) >= 11 is 0. The van der Waals surface area contributed by atoms with Crippen LogP contribution in [0.5, 0.6) is 0 Å². The van der Waals surface area contributed by atoms with Gasteiger partial charge < -0.3 is 4.57 Å². The van der Waals surface area contributed by atoms with E-state index < -0.39 is 10.0 Å². The summed E-state index contributed by atoms with van der Waals surface area (Å²) < 4.78 is 30.2. The van der Waals surface area contributed by atoms with Crippen LogP contribution in [0.15, 0.2) is 77.8 Å². The molecule has 3 heterocycles. The van der Waals surface area contributed by atoms with Gasteiger partial charge >= 0.3 is 0 Å². The predicted molar refractivity (Wildman–Crippen MR) is 121 cm³/mol. The number of rotatable bonds is 4. The highest BCUT2D eigenvalue weighted by atomic mass is 32.2. The third kappa shape index (κ3) is 3.54. The van der Waals surface area contributed by atoms with Crippen LogP contribution in [0.3, 0.4) is 0 Å². The van der Waals surface area contributed by atoms with Gasteiger partial charge in [-0.1, -0.05) is 48.5 Å². The molecule has 0 aliphatic carbocycles. The zero-order valence-corrected chi connectivity index (χ0v) is 18.2. The predicted octanol–water partition coefficient (Wildman–Crippen LogP) is 4.43. The highest BCUT2D eigenvalue weighted by molar-refractivity contribution is 7.89. The molecule has 0 bridgehead atoms. The fourth-order valence-corrected chi connectivity index (χ4v) is 6.09. The molecule has 1 fully saturated rings. The summed E-state index contributed by atoms with van der Waals surface area (Å²) in [6, 6.07) is 21.3. The molecule has 1 aliphatic rings. The van der Waals surface area contributed by atoms with E-state index in [0.717, 1.165) is 28.1 Å². The summed E-state index contributed by atoms with van der Waals surface area (Å²) in [4.78, 5) is 9.85. The summed E-state index contributed by atoms with van der Waals surface area (Å²) in [7, 11) is -3.50. The number of pyridine rings is 1. The standard InChI is InChI=1S/C24H24N4O2S/c1-18-8-5-6-12-22(18)31(29,30)27-16-13-20(14-17-27)28-23(19-9-3-2-4-10-19)26-21-11-7-15-25-24(21)28/h2-12,15,20H,13-14,16-17H2,1H3. The lowest BCUT2D eigenvalue weighted by Crippen LogP contribution is -2.39. The van der Waals surface area contributed by atoms with E-state index in [9.17, 15) is 8.42 Å². The molecule has 2 aromatic heterocycles. The molecule has 7 heteroatoms. The molecule has 5 rings (SSSR count). The second kappa shape index (κ2) is 7.90. The Labute approximate surface area is 182 Å². The van der Waals surface area contributed by atoms with Crippen LogP contribution in [-0.2, 0) is 10.0 Å². The van der Waals surface area contributed by atoms with E-state index in [1.54, 1.807) is 22.6 Å². The van der Waals surface area contributed by atoms with E-state index in [-0.39, 0.29) is 6.04 Å². The first kappa shape index (κ1) is 19.9. The van der Waals surface area contributed by atoms with Gasteiger partial charge in [0.05, 0.1) is 4.90 Å². The van der Waals surface area contributed by atoms with Gasteiger partial charge in [0, 0.05) is 30.9 Å². The van der Waals surface area contributed by atoms with Gasteiger partial charge in [-0.15, -0.1) is 0 Å². The van der Waals surface area contributed by atoms with Crippen molar-refractivity contribution < 1.29 is 8.42 Å². The average molecular weight is 433 g/mol. The van der Waals surface area contributed by atoms with Crippen molar-refractivity contribution in [3.8, 4) is 11.4 Å². The maximum atomic E-state index is 13.2. The minimum Gasteiger partial charge on any atom is -0.305 e.